The molecule has 0 aromatic carbocycles. The average Bonchev–Trinajstić information content (AvgIpc) is 3.38. The van der Waals surface area contributed by atoms with Gasteiger partial charge in [0.15, 0.2) is 6.29 Å². The number of ether oxygens (including phenoxy) is 1. The summed E-state index contributed by atoms with van der Waals surface area (Å²) in [7, 11) is 0. The zero-order chi connectivity index (χ0) is 17.8. The summed E-state index contributed by atoms with van der Waals surface area (Å²) in [6, 6.07) is 0. The van der Waals surface area contributed by atoms with Gasteiger partial charge < -0.3 is 15.0 Å². The summed E-state index contributed by atoms with van der Waals surface area (Å²) in [6.07, 6.45) is 10.9. The van der Waals surface area contributed by atoms with Gasteiger partial charge >= 0.3 is 0 Å². The third-order valence-corrected chi connectivity index (χ3v) is 4.87. The van der Waals surface area contributed by atoms with Gasteiger partial charge in [-0.15, -0.1) is 0 Å². The minimum atomic E-state index is 0.226. The number of hydrogen-bond donors (Lipinski definition) is 2. The molecular formula is C18H26N6O2. The Morgan fingerprint density at radius 3 is 2.88 bits per heavy atom. The number of nitrogens with zero attached hydrogens (tertiary/aromatic N) is 4. The first-order valence-electron chi connectivity index (χ1n) is 9.48. The molecule has 0 atom stereocenters. The van der Waals surface area contributed by atoms with Gasteiger partial charge in [0.05, 0.1) is 30.5 Å². The Morgan fingerprint density at radius 2 is 2.12 bits per heavy atom. The number of rotatable bonds is 7. The molecule has 3 heterocycles. The first-order chi connectivity index (χ1) is 12.8. The van der Waals surface area contributed by atoms with E-state index in [2.05, 4.69) is 25.6 Å². The molecule has 1 saturated heterocycles. The molecule has 1 aromatic rings. The molecule has 0 bridgehead atoms. The fraction of sp³-hybridized carbons (Fsp3) is 0.611. The van der Waals surface area contributed by atoms with Crippen LogP contribution in [0.15, 0.2) is 28.8 Å². The van der Waals surface area contributed by atoms with Gasteiger partial charge in [0.1, 0.15) is 6.10 Å². The van der Waals surface area contributed by atoms with E-state index in [1.54, 1.807) is 6.20 Å². The Labute approximate surface area is 153 Å². The van der Waals surface area contributed by atoms with Crippen molar-refractivity contribution in [3.63, 3.8) is 0 Å². The molecule has 0 spiro atoms. The van der Waals surface area contributed by atoms with Crippen molar-refractivity contribution >= 4 is 17.9 Å². The molecule has 1 aliphatic carbocycles. The second kappa shape index (κ2) is 7.90. The summed E-state index contributed by atoms with van der Waals surface area (Å²) in [6.45, 7) is 4.63. The van der Waals surface area contributed by atoms with Crippen LogP contribution >= 0.6 is 0 Å². The molecule has 2 aliphatic heterocycles. The largest absolute Gasteiger partial charge is 0.475 e. The zero-order valence-electron chi connectivity index (χ0n) is 15.0. The van der Waals surface area contributed by atoms with Crippen LogP contribution in [0.3, 0.4) is 0 Å². The third-order valence-electron chi connectivity index (χ3n) is 4.87. The first kappa shape index (κ1) is 17.1. The van der Waals surface area contributed by atoms with Gasteiger partial charge in [-0.05, 0) is 38.8 Å². The van der Waals surface area contributed by atoms with Gasteiger partial charge in [-0.25, -0.2) is 4.99 Å². The number of guanidine groups is 1. The average molecular weight is 358 g/mol. The number of nitrogens with one attached hydrogen (secondary N) is 2. The molecular weight excluding hydrogens is 332 g/mol. The lowest BCUT2D eigenvalue weighted by Gasteiger charge is -2.26. The van der Waals surface area contributed by atoms with Crippen molar-refractivity contribution in [1.29, 1.82) is 0 Å². The molecule has 0 radical (unpaired) electrons. The Balaban J connectivity index is 1.29. The van der Waals surface area contributed by atoms with Crippen LogP contribution < -0.4 is 10.6 Å². The topological polar surface area (TPSA) is 83.8 Å². The number of aliphatic imine (C=N–C) groups is 1. The van der Waals surface area contributed by atoms with E-state index in [4.69, 9.17) is 4.74 Å². The molecule has 2 fully saturated rings. The minimum Gasteiger partial charge on any atom is -0.475 e. The molecule has 8 nitrogen and oxygen atoms in total. The van der Waals surface area contributed by atoms with Crippen LogP contribution in [0.2, 0.25) is 0 Å². The zero-order valence-corrected chi connectivity index (χ0v) is 15.0. The van der Waals surface area contributed by atoms with Gasteiger partial charge in [-0.2, -0.15) is 5.10 Å². The molecule has 3 aliphatic rings. The molecule has 0 amide bonds. The number of carbonyl (C=O) groups excluding carboxylic acids is 1. The maximum atomic E-state index is 11.2. The number of aldehydes is 1. The predicted octanol–water partition coefficient (Wildman–Crippen LogP) is 1.33. The lowest BCUT2D eigenvalue weighted by atomic mass is 10.1. The van der Waals surface area contributed by atoms with Crippen molar-refractivity contribution in [1.82, 2.24) is 20.0 Å². The van der Waals surface area contributed by atoms with Crippen LogP contribution in [-0.2, 0) is 16.1 Å². The summed E-state index contributed by atoms with van der Waals surface area (Å²) in [4.78, 5) is 18.0. The Morgan fingerprint density at radius 1 is 1.27 bits per heavy atom. The van der Waals surface area contributed by atoms with Crippen LogP contribution in [0, 0.1) is 0 Å². The van der Waals surface area contributed by atoms with E-state index in [0.717, 1.165) is 37.9 Å². The van der Waals surface area contributed by atoms with E-state index < -0.39 is 0 Å². The summed E-state index contributed by atoms with van der Waals surface area (Å²) in [5.74, 6) is 1.11. The Hall–Kier alpha value is -2.35. The normalized spacial score (nSPS) is 21.2. The SMILES string of the molecule is O=CC1=C(OC2CC2)NC(Nc2cnn(CCN3CCCCC3)c2)=NC1. The highest BCUT2D eigenvalue weighted by Gasteiger charge is 2.27. The third kappa shape index (κ3) is 4.43. The van der Waals surface area contributed by atoms with Crippen molar-refractivity contribution in [2.75, 3.05) is 31.5 Å². The van der Waals surface area contributed by atoms with E-state index in [0.29, 0.717) is 24.0 Å². The predicted molar refractivity (Wildman–Crippen MR) is 98.8 cm³/mol. The molecule has 2 N–H and O–H groups in total. The van der Waals surface area contributed by atoms with Gasteiger partial charge in [-0.3, -0.25) is 14.8 Å². The van der Waals surface area contributed by atoms with Crippen molar-refractivity contribution in [3.05, 3.63) is 23.8 Å². The molecule has 1 saturated carbocycles. The van der Waals surface area contributed by atoms with Crippen LogP contribution in [0.5, 0.6) is 0 Å². The Kier molecular flexibility index (Phi) is 5.19. The van der Waals surface area contributed by atoms with Crippen LogP contribution in [0.1, 0.15) is 32.1 Å². The van der Waals surface area contributed by atoms with Crippen molar-refractivity contribution in [2.45, 2.75) is 44.8 Å². The van der Waals surface area contributed by atoms with Crippen molar-refractivity contribution < 1.29 is 9.53 Å². The van der Waals surface area contributed by atoms with E-state index in [1.165, 1.54) is 32.4 Å². The number of aromatic nitrogens is 2. The second-order valence-corrected chi connectivity index (χ2v) is 7.10. The number of hydrogen-bond acceptors (Lipinski definition) is 7. The van der Waals surface area contributed by atoms with Gasteiger partial charge in [0, 0.05) is 12.7 Å². The maximum Gasteiger partial charge on any atom is 0.203 e. The number of carbonyl (C=O) groups is 1. The summed E-state index contributed by atoms with van der Waals surface area (Å²) >= 11 is 0. The van der Waals surface area contributed by atoms with E-state index in [9.17, 15) is 4.79 Å². The Bertz CT molecular complexity index is 700. The molecule has 0 unspecified atom stereocenters. The molecule has 140 valence electrons. The summed E-state index contributed by atoms with van der Waals surface area (Å²) in [5.41, 5.74) is 1.43. The van der Waals surface area contributed by atoms with Gasteiger partial charge in [0.25, 0.3) is 0 Å². The summed E-state index contributed by atoms with van der Waals surface area (Å²) in [5, 5.41) is 10.7. The summed E-state index contributed by atoms with van der Waals surface area (Å²) < 4.78 is 7.73. The lowest BCUT2D eigenvalue weighted by Crippen LogP contribution is -2.36. The molecule has 1 aromatic heterocycles. The number of piperidine rings is 1. The van der Waals surface area contributed by atoms with Gasteiger partial charge in [-0.1, -0.05) is 6.42 Å². The van der Waals surface area contributed by atoms with E-state index in [1.807, 2.05) is 10.9 Å². The number of anilines is 1. The lowest BCUT2D eigenvalue weighted by molar-refractivity contribution is -0.105. The van der Waals surface area contributed by atoms with E-state index >= 15 is 0 Å². The highest BCUT2D eigenvalue weighted by Crippen LogP contribution is 2.27. The second-order valence-electron chi connectivity index (χ2n) is 7.10. The van der Waals surface area contributed by atoms with Gasteiger partial charge in [0.2, 0.25) is 11.8 Å². The quantitative estimate of drug-likeness (QED) is 0.716. The molecule has 8 heteroatoms. The van der Waals surface area contributed by atoms with Crippen LogP contribution in [0.4, 0.5) is 5.69 Å². The van der Waals surface area contributed by atoms with Crippen LogP contribution in [-0.4, -0.2) is 59.2 Å². The van der Waals surface area contributed by atoms with Crippen molar-refractivity contribution in [3.8, 4) is 0 Å². The fourth-order valence-corrected chi connectivity index (χ4v) is 3.20. The maximum absolute atomic E-state index is 11.2. The number of likely N-dealkylation sites (tertiary alicyclic amines) is 1. The van der Waals surface area contributed by atoms with Crippen molar-refractivity contribution in [2.24, 2.45) is 4.99 Å². The monoisotopic (exact) mass is 358 g/mol. The smallest absolute Gasteiger partial charge is 0.203 e. The standard InChI is InChI=1S/C18H26N6O2/c25-13-14-10-19-18(22-17(14)26-16-4-5-16)21-15-11-20-24(12-15)9-8-23-6-2-1-3-7-23/h11-13,16H,1-10H2,(H2,19,21,22). The first-order valence-corrected chi connectivity index (χ1v) is 9.48. The minimum absolute atomic E-state index is 0.226. The highest BCUT2D eigenvalue weighted by atomic mass is 16.5. The molecule has 26 heavy (non-hydrogen) atoms. The highest BCUT2D eigenvalue weighted by molar-refractivity contribution is 5.96. The fourth-order valence-electron chi connectivity index (χ4n) is 3.20. The molecule has 4 rings (SSSR count). The van der Waals surface area contributed by atoms with E-state index in [-0.39, 0.29) is 6.10 Å². The van der Waals surface area contributed by atoms with Crippen LogP contribution in [0.25, 0.3) is 0 Å².